The van der Waals surface area contributed by atoms with Gasteiger partial charge in [0, 0.05) is 35.4 Å². The van der Waals surface area contributed by atoms with Gasteiger partial charge < -0.3 is 5.32 Å². The first kappa shape index (κ1) is 17.4. The third-order valence-corrected chi connectivity index (χ3v) is 4.76. The average Bonchev–Trinajstić information content (AvgIpc) is 2.90. The zero-order chi connectivity index (χ0) is 19.0. The van der Waals surface area contributed by atoms with Gasteiger partial charge in [0.1, 0.15) is 5.82 Å². The van der Waals surface area contributed by atoms with Crippen LogP contribution in [0.3, 0.4) is 0 Å². The number of hydrogen-bond acceptors (Lipinski definition) is 4. The Morgan fingerprint density at radius 2 is 1.96 bits per heavy atom. The minimum absolute atomic E-state index is 0.130. The van der Waals surface area contributed by atoms with Gasteiger partial charge in [-0.05, 0) is 42.8 Å². The molecule has 1 aliphatic heterocycles. The third kappa shape index (κ3) is 3.13. The molecule has 2 heterocycles. The van der Waals surface area contributed by atoms with E-state index < -0.39 is 17.6 Å². The van der Waals surface area contributed by atoms with E-state index in [0.717, 1.165) is 21.5 Å². The molecule has 0 saturated heterocycles. The van der Waals surface area contributed by atoms with Crippen LogP contribution in [-0.2, 0) is 0 Å². The van der Waals surface area contributed by atoms with Crippen LogP contribution in [0.25, 0.3) is 10.9 Å². The summed E-state index contributed by atoms with van der Waals surface area (Å²) in [6.07, 6.45) is 2.22. The molecule has 1 aromatic heterocycles. The Morgan fingerprint density at radius 3 is 2.78 bits per heavy atom. The number of fused-ring (bicyclic) bond motifs is 2. The van der Waals surface area contributed by atoms with Gasteiger partial charge in [0.2, 0.25) is 0 Å². The van der Waals surface area contributed by atoms with Crippen LogP contribution in [0.1, 0.15) is 27.1 Å². The number of aromatic nitrogens is 1. The molecule has 0 saturated carbocycles. The summed E-state index contributed by atoms with van der Waals surface area (Å²) in [7, 11) is 0. The molecule has 0 aliphatic carbocycles. The molecule has 0 unspecified atom stereocenters. The number of pyridine rings is 1. The van der Waals surface area contributed by atoms with Crippen molar-refractivity contribution in [3.63, 3.8) is 0 Å². The molecule has 2 aromatic carbocycles. The maximum Gasteiger partial charge on any atom is 0.264 e. The highest BCUT2D eigenvalue weighted by atomic mass is 35.5. The van der Waals surface area contributed by atoms with Gasteiger partial charge in [-0.25, -0.2) is 4.39 Å². The van der Waals surface area contributed by atoms with Crippen molar-refractivity contribution < 1.29 is 14.0 Å². The molecule has 136 valence electrons. The smallest absolute Gasteiger partial charge is 0.264 e. The monoisotopic (exact) mass is 383 g/mol. The van der Waals surface area contributed by atoms with Crippen molar-refractivity contribution in [3.8, 4) is 0 Å². The van der Waals surface area contributed by atoms with Gasteiger partial charge in [0.05, 0.1) is 16.6 Å². The van der Waals surface area contributed by atoms with Crippen molar-refractivity contribution in [2.45, 2.75) is 6.42 Å². The van der Waals surface area contributed by atoms with E-state index in [4.69, 9.17) is 11.6 Å². The Bertz CT molecular complexity index is 1070. The van der Waals surface area contributed by atoms with E-state index in [1.807, 2.05) is 12.1 Å². The van der Waals surface area contributed by atoms with Gasteiger partial charge >= 0.3 is 0 Å². The number of carbonyl (C=O) groups is 2. The van der Waals surface area contributed by atoms with Crippen LogP contribution >= 0.6 is 11.6 Å². The Kier molecular flexibility index (Phi) is 4.49. The fraction of sp³-hybridized carbons (Fsp3) is 0.150. The minimum atomic E-state index is -0.659. The standard InChI is InChI=1S/C20H15ClFN3O2/c21-12-5-6-13-16(7-9-24-17(13)11-12)23-8-2-10-25-19(26)14-3-1-4-15(22)18(14)20(25)27/h1,3-7,9,11H,2,8,10H2,(H,23,24). The molecule has 1 aliphatic rings. The lowest BCUT2D eigenvalue weighted by atomic mass is 10.1. The van der Waals surface area contributed by atoms with Gasteiger partial charge in [-0.15, -0.1) is 0 Å². The highest BCUT2D eigenvalue weighted by Crippen LogP contribution is 2.26. The molecule has 4 rings (SSSR count). The van der Waals surface area contributed by atoms with Crippen LogP contribution in [0, 0.1) is 5.82 Å². The quantitative estimate of drug-likeness (QED) is 0.531. The second kappa shape index (κ2) is 6.96. The number of benzene rings is 2. The van der Waals surface area contributed by atoms with Crippen molar-refractivity contribution in [1.29, 1.82) is 0 Å². The summed E-state index contributed by atoms with van der Waals surface area (Å²) in [5, 5.41) is 4.84. The fourth-order valence-corrected chi connectivity index (χ4v) is 3.40. The number of halogens is 2. The van der Waals surface area contributed by atoms with Crippen molar-refractivity contribution in [2.24, 2.45) is 0 Å². The summed E-state index contributed by atoms with van der Waals surface area (Å²) in [6.45, 7) is 0.755. The molecular weight excluding hydrogens is 369 g/mol. The molecule has 5 nitrogen and oxygen atoms in total. The van der Waals surface area contributed by atoms with Gasteiger partial charge in [0.15, 0.2) is 0 Å². The fourth-order valence-electron chi connectivity index (χ4n) is 3.23. The SMILES string of the molecule is O=C1c2cccc(F)c2C(=O)N1CCCNc1ccnc2cc(Cl)ccc12. The zero-order valence-corrected chi connectivity index (χ0v) is 15.0. The predicted octanol–water partition coefficient (Wildman–Crippen LogP) is 4.13. The first-order chi connectivity index (χ1) is 13.1. The van der Waals surface area contributed by atoms with Crippen molar-refractivity contribution >= 4 is 40.0 Å². The largest absolute Gasteiger partial charge is 0.384 e. The van der Waals surface area contributed by atoms with Crippen LogP contribution in [0.2, 0.25) is 5.02 Å². The van der Waals surface area contributed by atoms with Crippen molar-refractivity contribution in [3.05, 3.63) is 70.6 Å². The van der Waals surface area contributed by atoms with Crippen molar-refractivity contribution in [2.75, 3.05) is 18.4 Å². The average molecular weight is 384 g/mol. The van der Waals surface area contributed by atoms with E-state index in [2.05, 4.69) is 10.3 Å². The van der Waals surface area contributed by atoms with Crippen LogP contribution < -0.4 is 5.32 Å². The van der Waals surface area contributed by atoms with E-state index in [1.165, 1.54) is 18.2 Å². The van der Waals surface area contributed by atoms with E-state index in [0.29, 0.717) is 18.0 Å². The lowest BCUT2D eigenvalue weighted by Gasteiger charge is -2.15. The first-order valence-electron chi connectivity index (χ1n) is 8.49. The molecule has 0 bridgehead atoms. The molecule has 7 heteroatoms. The van der Waals surface area contributed by atoms with Gasteiger partial charge in [0.25, 0.3) is 11.8 Å². The Hall–Kier alpha value is -2.99. The number of imide groups is 1. The second-order valence-corrected chi connectivity index (χ2v) is 6.66. The molecule has 0 atom stereocenters. The summed E-state index contributed by atoms with van der Waals surface area (Å²) in [4.78, 5) is 30.0. The Balaban J connectivity index is 1.41. The van der Waals surface area contributed by atoms with E-state index in [1.54, 1.807) is 18.3 Å². The predicted molar refractivity (Wildman–Crippen MR) is 102 cm³/mol. The summed E-state index contributed by atoms with van der Waals surface area (Å²) in [5.74, 6) is -1.68. The lowest BCUT2D eigenvalue weighted by molar-refractivity contribution is 0.0652. The number of carbonyl (C=O) groups excluding carboxylic acids is 2. The lowest BCUT2D eigenvalue weighted by Crippen LogP contribution is -2.31. The number of hydrogen-bond donors (Lipinski definition) is 1. The number of nitrogens with zero attached hydrogens (tertiary/aromatic N) is 2. The number of anilines is 1. The topological polar surface area (TPSA) is 62.3 Å². The maximum atomic E-state index is 13.8. The van der Waals surface area contributed by atoms with Crippen LogP contribution in [-0.4, -0.2) is 34.8 Å². The van der Waals surface area contributed by atoms with Crippen LogP contribution in [0.4, 0.5) is 10.1 Å². The van der Waals surface area contributed by atoms with E-state index in [9.17, 15) is 14.0 Å². The molecule has 1 N–H and O–H groups in total. The van der Waals surface area contributed by atoms with E-state index in [-0.39, 0.29) is 17.7 Å². The normalized spacial score (nSPS) is 13.3. The summed E-state index contributed by atoms with van der Waals surface area (Å²) < 4.78 is 13.8. The first-order valence-corrected chi connectivity index (χ1v) is 8.87. The molecular formula is C20H15ClFN3O2. The van der Waals surface area contributed by atoms with E-state index >= 15 is 0 Å². The molecule has 3 aromatic rings. The third-order valence-electron chi connectivity index (χ3n) is 4.53. The zero-order valence-electron chi connectivity index (χ0n) is 14.2. The Morgan fingerprint density at radius 1 is 1.11 bits per heavy atom. The Labute approximate surface area is 159 Å². The van der Waals surface area contributed by atoms with Gasteiger partial charge in [-0.2, -0.15) is 0 Å². The molecule has 0 fully saturated rings. The van der Waals surface area contributed by atoms with Crippen molar-refractivity contribution in [1.82, 2.24) is 9.88 Å². The van der Waals surface area contributed by atoms with Crippen LogP contribution in [0.15, 0.2) is 48.7 Å². The second-order valence-electron chi connectivity index (χ2n) is 6.22. The summed E-state index contributed by atoms with van der Waals surface area (Å²) >= 11 is 5.99. The molecule has 2 amide bonds. The number of amides is 2. The molecule has 27 heavy (non-hydrogen) atoms. The summed E-state index contributed by atoms with van der Waals surface area (Å²) in [6, 6.07) is 11.4. The van der Waals surface area contributed by atoms with Gasteiger partial charge in [-0.3, -0.25) is 19.5 Å². The highest BCUT2D eigenvalue weighted by Gasteiger charge is 2.37. The molecule has 0 spiro atoms. The minimum Gasteiger partial charge on any atom is -0.384 e. The number of nitrogens with one attached hydrogen (secondary N) is 1. The van der Waals surface area contributed by atoms with Crippen LogP contribution in [0.5, 0.6) is 0 Å². The maximum absolute atomic E-state index is 13.8. The summed E-state index contributed by atoms with van der Waals surface area (Å²) in [5.41, 5.74) is 1.67. The molecule has 0 radical (unpaired) electrons. The number of rotatable bonds is 5. The highest BCUT2D eigenvalue weighted by molar-refractivity contribution is 6.31. The van der Waals surface area contributed by atoms with Gasteiger partial charge in [-0.1, -0.05) is 17.7 Å².